The van der Waals surface area contributed by atoms with Crippen molar-refractivity contribution in [2.24, 2.45) is 5.73 Å². The minimum atomic E-state index is -0.243. The van der Waals surface area contributed by atoms with Gasteiger partial charge in [0.05, 0.1) is 12.5 Å². The van der Waals surface area contributed by atoms with Gasteiger partial charge in [-0.05, 0) is 6.07 Å². The van der Waals surface area contributed by atoms with Gasteiger partial charge in [0.15, 0.2) is 6.61 Å². The van der Waals surface area contributed by atoms with E-state index in [0.717, 1.165) is 5.56 Å². The predicted molar refractivity (Wildman–Crippen MR) is 63.1 cm³/mol. The number of benzene rings is 1. The van der Waals surface area contributed by atoms with Gasteiger partial charge in [0.2, 0.25) is 0 Å². The van der Waals surface area contributed by atoms with Crippen molar-refractivity contribution >= 4 is 5.91 Å². The number of para-hydroxylation sites is 1. The smallest absolute Gasteiger partial charge is 0.257 e. The van der Waals surface area contributed by atoms with Crippen LogP contribution in [0.1, 0.15) is 12.0 Å². The highest BCUT2D eigenvalue weighted by Gasteiger charge is 2.04. The lowest BCUT2D eigenvalue weighted by Crippen LogP contribution is -2.29. The Labute approximate surface area is 100 Å². The summed E-state index contributed by atoms with van der Waals surface area (Å²) in [5.41, 5.74) is 6.40. The molecule has 0 saturated carbocycles. The second-order valence-corrected chi connectivity index (χ2v) is 3.36. The molecule has 0 aliphatic heterocycles. The van der Waals surface area contributed by atoms with Gasteiger partial charge in [-0.25, -0.2) is 0 Å². The Hall–Kier alpha value is -2.06. The Bertz CT molecular complexity index is 412. The molecule has 3 N–H and O–H groups in total. The number of nitrogens with zero attached hydrogens (tertiary/aromatic N) is 1. The lowest BCUT2D eigenvalue weighted by molar-refractivity contribution is -0.123. The van der Waals surface area contributed by atoms with Crippen molar-refractivity contribution in [3.8, 4) is 11.8 Å². The number of hydrogen-bond acceptors (Lipinski definition) is 4. The molecule has 0 heterocycles. The van der Waals surface area contributed by atoms with Crippen molar-refractivity contribution < 1.29 is 9.53 Å². The Balaban J connectivity index is 2.39. The van der Waals surface area contributed by atoms with Gasteiger partial charge in [-0.1, -0.05) is 18.2 Å². The number of carbonyl (C=O) groups is 1. The summed E-state index contributed by atoms with van der Waals surface area (Å²) in [6.45, 7) is 0.645. The normalized spacial score (nSPS) is 9.41. The van der Waals surface area contributed by atoms with E-state index in [9.17, 15) is 4.79 Å². The topological polar surface area (TPSA) is 88.1 Å². The Kier molecular flexibility index (Phi) is 5.55. The number of amides is 1. The molecule has 1 amide bonds. The molecule has 1 rings (SSSR count). The van der Waals surface area contributed by atoms with Gasteiger partial charge >= 0.3 is 0 Å². The highest BCUT2D eigenvalue weighted by Crippen LogP contribution is 2.16. The van der Waals surface area contributed by atoms with E-state index in [1.165, 1.54) is 0 Å². The van der Waals surface area contributed by atoms with E-state index in [4.69, 9.17) is 15.7 Å². The zero-order valence-electron chi connectivity index (χ0n) is 9.48. The van der Waals surface area contributed by atoms with Gasteiger partial charge in [-0.2, -0.15) is 5.26 Å². The summed E-state index contributed by atoms with van der Waals surface area (Å²) in [6, 6.07) is 9.25. The maximum atomic E-state index is 11.3. The Morgan fingerprint density at radius 3 is 2.94 bits per heavy atom. The third-order valence-corrected chi connectivity index (χ3v) is 2.11. The maximum absolute atomic E-state index is 11.3. The first-order valence-electron chi connectivity index (χ1n) is 5.32. The quantitative estimate of drug-likeness (QED) is 0.702. The van der Waals surface area contributed by atoms with Crippen LogP contribution in [-0.4, -0.2) is 19.1 Å². The van der Waals surface area contributed by atoms with E-state index in [-0.39, 0.29) is 12.5 Å². The van der Waals surface area contributed by atoms with E-state index in [1.54, 1.807) is 6.07 Å². The minimum absolute atomic E-state index is 0.0670. The summed E-state index contributed by atoms with van der Waals surface area (Å²) in [5, 5.41) is 10.9. The molecule has 1 aromatic rings. The van der Waals surface area contributed by atoms with Crippen molar-refractivity contribution in [1.29, 1.82) is 5.26 Å². The van der Waals surface area contributed by atoms with Crippen LogP contribution in [0.3, 0.4) is 0 Å². The molecule has 0 aliphatic rings. The predicted octanol–water partition coefficient (Wildman–Crippen LogP) is 0.554. The monoisotopic (exact) mass is 233 g/mol. The number of hydrogen-bond donors (Lipinski definition) is 2. The first kappa shape index (κ1) is 13.0. The molecule has 0 aromatic heterocycles. The van der Waals surface area contributed by atoms with Crippen LogP contribution in [0, 0.1) is 11.3 Å². The Morgan fingerprint density at radius 2 is 2.24 bits per heavy atom. The van der Waals surface area contributed by atoms with E-state index in [1.807, 2.05) is 24.3 Å². The lowest BCUT2D eigenvalue weighted by Gasteiger charge is -2.09. The molecule has 90 valence electrons. The van der Waals surface area contributed by atoms with Crippen molar-refractivity contribution in [1.82, 2.24) is 5.32 Å². The maximum Gasteiger partial charge on any atom is 0.257 e. The van der Waals surface area contributed by atoms with Crippen LogP contribution in [-0.2, 0) is 11.3 Å². The molecule has 0 aliphatic carbocycles. The molecule has 0 radical (unpaired) electrons. The van der Waals surface area contributed by atoms with Gasteiger partial charge in [0, 0.05) is 18.7 Å². The van der Waals surface area contributed by atoms with Crippen molar-refractivity contribution in [2.75, 3.05) is 13.2 Å². The summed E-state index contributed by atoms with van der Waals surface area (Å²) in [5.74, 6) is 0.373. The molecule has 0 saturated heterocycles. The van der Waals surface area contributed by atoms with Crippen molar-refractivity contribution in [3.05, 3.63) is 29.8 Å². The number of ether oxygens (including phenoxy) is 1. The van der Waals surface area contributed by atoms with Crippen LogP contribution in [0.4, 0.5) is 0 Å². The molecule has 0 spiro atoms. The largest absolute Gasteiger partial charge is 0.483 e. The molecule has 0 atom stereocenters. The van der Waals surface area contributed by atoms with Gasteiger partial charge in [0.1, 0.15) is 5.75 Å². The van der Waals surface area contributed by atoms with E-state index >= 15 is 0 Å². The molecule has 5 heteroatoms. The van der Waals surface area contributed by atoms with Crippen LogP contribution in [0.5, 0.6) is 5.75 Å². The Morgan fingerprint density at radius 1 is 1.47 bits per heavy atom. The van der Waals surface area contributed by atoms with Crippen LogP contribution >= 0.6 is 0 Å². The molecule has 5 nitrogen and oxygen atoms in total. The molecule has 1 aromatic carbocycles. The molecule has 0 bridgehead atoms. The lowest BCUT2D eigenvalue weighted by atomic mass is 10.2. The van der Waals surface area contributed by atoms with E-state index in [0.29, 0.717) is 25.3 Å². The summed E-state index contributed by atoms with van der Waals surface area (Å²) >= 11 is 0. The molecule has 0 fully saturated rings. The highest BCUT2D eigenvalue weighted by atomic mass is 16.5. The fourth-order valence-corrected chi connectivity index (χ4v) is 1.27. The number of carbonyl (C=O) groups excluding carboxylic acids is 1. The van der Waals surface area contributed by atoms with E-state index in [2.05, 4.69) is 5.32 Å². The number of rotatable bonds is 6. The number of nitriles is 1. The highest BCUT2D eigenvalue weighted by molar-refractivity contribution is 5.77. The van der Waals surface area contributed by atoms with Crippen molar-refractivity contribution in [2.45, 2.75) is 13.0 Å². The molecular formula is C12H15N3O2. The van der Waals surface area contributed by atoms with Gasteiger partial charge < -0.3 is 15.8 Å². The van der Waals surface area contributed by atoms with Crippen LogP contribution in [0.25, 0.3) is 0 Å². The molecule has 0 unspecified atom stereocenters. The first-order valence-corrected chi connectivity index (χ1v) is 5.32. The van der Waals surface area contributed by atoms with E-state index < -0.39 is 0 Å². The van der Waals surface area contributed by atoms with Crippen LogP contribution in [0.2, 0.25) is 0 Å². The summed E-state index contributed by atoms with van der Waals surface area (Å²) in [7, 11) is 0. The second kappa shape index (κ2) is 7.25. The minimum Gasteiger partial charge on any atom is -0.483 e. The number of nitrogens with one attached hydrogen (secondary N) is 1. The zero-order valence-corrected chi connectivity index (χ0v) is 9.48. The van der Waals surface area contributed by atoms with Gasteiger partial charge in [0.25, 0.3) is 5.91 Å². The fraction of sp³-hybridized carbons (Fsp3) is 0.333. The average molecular weight is 233 g/mol. The standard InChI is InChI=1S/C12H15N3O2/c13-6-3-7-15-12(16)9-17-11-5-2-1-4-10(11)8-14/h1-2,4-5H,3,7-9,14H2,(H,15,16). The summed E-state index contributed by atoms with van der Waals surface area (Å²) in [6.07, 6.45) is 0.297. The van der Waals surface area contributed by atoms with Crippen LogP contribution < -0.4 is 15.8 Å². The molecule has 17 heavy (non-hydrogen) atoms. The third-order valence-electron chi connectivity index (χ3n) is 2.11. The molecular weight excluding hydrogens is 218 g/mol. The summed E-state index contributed by atoms with van der Waals surface area (Å²) < 4.78 is 5.35. The third kappa shape index (κ3) is 4.53. The zero-order chi connectivity index (χ0) is 12.5. The first-order chi connectivity index (χ1) is 8.27. The second-order valence-electron chi connectivity index (χ2n) is 3.36. The van der Waals surface area contributed by atoms with Gasteiger partial charge in [-0.3, -0.25) is 4.79 Å². The van der Waals surface area contributed by atoms with Gasteiger partial charge in [-0.15, -0.1) is 0 Å². The fourth-order valence-electron chi connectivity index (χ4n) is 1.27. The number of nitrogens with two attached hydrogens (primary N) is 1. The van der Waals surface area contributed by atoms with Crippen LogP contribution in [0.15, 0.2) is 24.3 Å². The van der Waals surface area contributed by atoms with Crippen molar-refractivity contribution in [3.63, 3.8) is 0 Å². The summed E-state index contributed by atoms with van der Waals surface area (Å²) in [4.78, 5) is 11.3. The SMILES string of the molecule is N#CCCNC(=O)COc1ccccc1CN. The average Bonchev–Trinajstić information content (AvgIpc) is 2.37.